The second-order valence-corrected chi connectivity index (χ2v) is 6.24. The highest BCUT2D eigenvalue weighted by molar-refractivity contribution is 5.91. The van der Waals surface area contributed by atoms with Crippen LogP contribution in [0.1, 0.15) is 47.7 Å². The molecule has 1 aliphatic rings. The highest BCUT2D eigenvalue weighted by atomic mass is 19.4. The minimum atomic E-state index is -4.52. The van der Waals surface area contributed by atoms with Crippen LogP contribution in [0.2, 0.25) is 0 Å². The van der Waals surface area contributed by atoms with Gasteiger partial charge in [0.15, 0.2) is 11.5 Å². The van der Waals surface area contributed by atoms with E-state index in [1.165, 1.54) is 4.68 Å². The van der Waals surface area contributed by atoms with Crippen molar-refractivity contribution in [3.05, 3.63) is 28.4 Å². The maximum absolute atomic E-state index is 13.3. The molecule has 1 aliphatic carbocycles. The molecule has 9 heteroatoms. The number of anilines is 1. The minimum Gasteiger partial charge on any atom is -0.359 e. The molecule has 2 heterocycles. The summed E-state index contributed by atoms with van der Waals surface area (Å²) < 4.78 is 46.0. The van der Waals surface area contributed by atoms with Crippen LogP contribution < -0.4 is 5.32 Å². The van der Waals surface area contributed by atoms with Gasteiger partial charge in [0, 0.05) is 11.3 Å². The fourth-order valence-electron chi connectivity index (χ4n) is 3.18. The van der Waals surface area contributed by atoms with Crippen LogP contribution in [0, 0.1) is 13.8 Å². The van der Waals surface area contributed by atoms with Gasteiger partial charge in [0.25, 0.3) is 0 Å². The summed E-state index contributed by atoms with van der Waals surface area (Å²) in [4.78, 5) is 12.3. The van der Waals surface area contributed by atoms with Crippen molar-refractivity contribution in [1.29, 1.82) is 0 Å². The van der Waals surface area contributed by atoms with Crippen LogP contribution in [0.25, 0.3) is 0 Å². The molecule has 25 heavy (non-hydrogen) atoms. The van der Waals surface area contributed by atoms with Crippen LogP contribution in [0.15, 0.2) is 4.52 Å². The smallest absolute Gasteiger partial charge is 0.359 e. The first-order valence-corrected chi connectivity index (χ1v) is 8.16. The van der Waals surface area contributed by atoms with Gasteiger partial charge in [-0.2, -0.15) is 18.3 Å². The Balaban J connectivity index is 1.87. The number of hydrogen-bond donors (Lipinski definition) is 1. The molecule has 0 aliphatic heterocycles. The number of nitrogens with one attached hydrogen (secondary N) is 1. The SMILES string of the molecule is Cc1noc(C)c1NC(=O)Cn1nc(C(F)(F)F)c2c1CCCCC2. The molecule has 0 unspecified atom stereocenters. The van der Waals surface area contributed by atoms with Gasteiger partial charge < -0.3 is 9.84 Å². The predicted octanol–water partition coefficient (Wildman–Crippen LogP) is 3.41. The first kappa shape index (κ1) is 17.5. The van der Waals surface area contributed by atoms with Gasteiger partial charge in [0.2, 0.25) is 5.91 Å². The second kappa shape index (κ2) is 6.53. The van der Waals surface area contributed by atoms with Crippen molar-refractivity contribution in [2.45, 2.75) is 58.7 Å². The largest absolute Gasteiger partial charge is 0.435 e. The van der Waals surface area contributed by atoms with Crippen molar-refractivity contribution in [3.63, 3.8) is 0 Å². The van der Waals surface area contributed by atoms with Gasteiger partial charge in [-0.3, -0.25) is 9.48 Å². The van der Waals surface area contributed by atoms with Crippen LogP contribution in [0.3, 0.4) is 0 Å². The van der Waals surface area contributed by atoms with Crippen molar-refractivity contribution in [2.24, 2.45) is 0 Å². The van der Waals surface area contributed by atoms with E-state index < -0.39 is 17.8 Å². The van der Waals surface area contributed by atoms with Crippen LogP contribution in [0.4, 0.5) is 18.9 Å². The number of alkyl halides is 3. The van der Waals surface area contributed by atoms with Crippen molar-refractivity contribution in [2.75, 3.05) is 5.32 Å². The monoisotopic (exact) mass is 356 g/mol. The van der Waals surface area contributed by atoms with Crippen molar-refractivity contribution >= 4 is 11.6 Å². The van der Waals surface area contributed by atoms with Gasteiger partial charge in [-0.1, -0.05) is 11.6 Å². The van der Waals surface area contributed by atoms with E-state index in [1.807, 2.05) is 0 Å². The van der Waals surface area contributed by atoms with Gasteiger partial charge in [0.05, 0.1) is 0 Å². The number of halogens is 3. The molecular weight excluding hydrogens is 337 g/mol. The average molecular weight is 356 g/mol. The number of carbonyl (C=O) groups excluding carboxylic acids is 1. The standard InChI is InChI=1S/C16H19F3N4O2/c1-9-14(10(2)25-22-9)20-13(24)8-23-12-7-5-3-4-6-11(12)15(21-23)16(17,18)19/h3-8H2,1-2H3,(H,20,24). The summed E-state index contributed by atoms with van der Waals surface area (Å²) in [5.41, 5.74) is 0.837. The van der Waals surface area contributed by atoms with E-state index in [0.717, 1.165) is 12.8 Å². The first-order chi connectivity index (χ1) is 11.8. The van der Waals surface area contributed by atoms with Crippen molar-refractivity contribution < 1.29 is 22.5 Å². The van der Waals surface area contributed by atoms with Crippen LogP contribution in [-0.4, -0.2) is 20.8 Å². The summed E-state index contributed by atoms with van der Waals surface area (Å²) in [7, 11) is 0. The molecule has 136 valence electrons. The lowest BCUT2D eigenvalue weighted by molar-refractivity contribution is -0.142. The van der Waals surface area contributed by atoms with E-state index in [4.69, 9.17) is 4.52 Å². The lowest BCUT2D eigenvalue weighted by atomic mass is 10.1. The van der Waals surface area contributed by atoms with E-state index in [0.29, 0.717) is 42.1 Å². The summed E-state index contributed by atoms with van der Waals surface area (Å²) in [5.74, 6) is -0.0150. The second-order valence-electron chi connectivity index (χ2n) is 6.24. The number of nitrogens with zero attached hydrogens (tertiary/aromatic N) is 3. The van der Waals surface area contributed by atoms with E-state index in [-0.39, 0.29) is 12.1 Å². The molecule has 0 fully saturated rings. The highest BCUT2D eigenvalue weighted by Crippen LogP contribution is 2.35. The fraction of sp³-hybridized carbons (Fsp3) is 0.562. The van der Waals surface area contributed by atoms with E-state index in [1.54, 1.807) is 13.8 Å². The first-order valence-electron chi connectivity index (χ1n) is 8.16. The van der Waals surface area contributed by atoms with E-state index in [2.05, 4.69) is 15.6 Å². The van der Waals surface area contributed by atoms with E-state index in [9.17, 15) is 18.0 Å². The molecule has 2 aromatic rings. The number of hydrogen-bond acceptors (Lipinski definition) is 4. The summed E-state index contributed by atoms with van der Waals surface area (Å²) in [6.45, 7) is 3.05. The number of fused-ring (bicyclic) bond motifs is 1. The maximum atomic E-state index is 13.3. The Labute approximate surface area is 142 Å². The quantitative estimate of drug-likeness (QED) is 0.856. The molecule has 0 saturated heterocycles. The molecule has 0 atom stereocenters. The number of aryl methyl sites for hydroxylation is 2. The normalized spacial score (nSPS) is 14.9. The molecule has 3 rings (SSSR count). The van der Waals surface area contributed by atoms with Crippen molar-refractivity contribution in [1.82, 2.24) is 14.9 Å². The number of carbonyl (C=O) groups is 1. The topological polar surface area (TPSA) is 73.0 Å². The molecule has 0 saturated carbocycles. The Bertz CT molecular complexity index is 773. The van der Waals surface area contributed by atoms with Gasteiger partial charge in [-0.05, 0) is 39.5 Å². The zero-order chi connectivity index (χ0) is 18.2. The Morgan fingerprint density at radius 3 is 2.60 bits per heavy atom. The molecule has 6 nitrogen and oxygen atoms in total. The van der Waals surface area contributed by atoms with Crippen LogP contribution in [-0.2, 0) is 30.4 Å². The number of rotatable bonds is 3. The Morgan fingerprint density at radius 1 is 1.24 bits per heavy atom. The zero-order valence-corrected chi connectivity index (χ0v) is 14.0. The Morgan fingerprint density at radius 2 is 1.96 bits per heavy atom. The summed E-state index contributed by atoms with van der Waals surface area (Å²) in [6.07, 6.45) is -1.31. The molecule has 1 N–H and O–H groups in total. The van der Waals surface area contributed by atoms with Gasteiger partial charge in [-0.15, -0.1) is 0 Å². The maximum Gasteiger partial charge on any atom is 0.435 e. The van der Waals surface area contributed by atoms with Gasteiger partial charge in [-0.25, -0.2) is 0 Å². The third-order valence-electron chi connectivity index (χ3n) is 4.37. The Hall–Kier alpha value is -2.32. The molecule has 1 amide bonds. The lowest BCUT2D eigenvalue weighted by Gasteiger charge is -2.08. The third kappa shape index (κ3) is 3.54. The molecule has 2 aromatic heterocycles. The molecular formula is C16H19F3N4O2. The molecule has 0 bridgehead atoms. The minimum absolute atomic E-state index is 0.232. The average Bonchev–Trinajstić information content (AvgIpc) is 2.91. The van der Waals surface area contributed by atoms with Crippen LogP contribution >= 0.6 is 0 Å². The number of amides is 1. The Kier molecular flexibility index (Phi) is 4.57. The fourth-order valence-corrected chi connectivity index (χ4v) is 3.18. The lowest BCUT2D eigenvalue weighted by Crippen LogP contribution is -2.22. The molecule has 0 radical (unpaired) electrons. The predicted molar refractivity (Wildman–Crippen MR) is 83.1 cm³/mol. The highest BCUT2D eigenvalue weighted by Gasteiger charge is 2.39. The molecule has 0 aromatic carbocycles. The number of aromatic nitrogens is 3. The summed E-state index contributed by atoms with van der Waals surface area (Å²) in [6, 6.07) is 0. The third-order valence-corrected chi connectivity index (χ3v) is 4.37. The van der Waals surface area contributed by atoms with E-state index >= 15 is 0 Å². The van der Waals surface area contributed by atoms with Gasteiger partial charge >= 0.3 is 6.18 Å². The van der Waals surface area contributed by atoms with Crippen molar-refractivity contribution in [3.8, 4) is 0 Å². The van der Waals surface area contributed by atoms with Gasteiger partial charge in [0.1, 0.15) is 17.9 Å². The zero-order valence-electron chi connectivity index (χ0n) is 14.0. The molecule has 0 spiro atoms. The summed E-state index contributed by atoms with van der Waals surface area (Å²) >= 11 is 0. The summed E-state index contributed by atoms with van der Waals surface area (Å²) in [5, 5.41) is 10.1. The van der Waals surface area contributed by atoms with Crippen LogP contribution in [0.5, 0.6) is 0 Å².